The zero-order valence-corrected chi connectivity index (χ0v) is 15.6. The highest BCUT2D eigenvalue weighted by Gasteiger charge is 2.25. The summed E-state index contributed by atoms with van der Waals surface area (Å²) in [5.74, 6) is -0.277. The second-order valence-electron chi connectivity index (χ2n) is 5.49. The number of carbonyl (C=O) groups is 1. The van der Waals surface area contributed by atoms with E-state index < -0.39 is 22.0 Å². The molecule has 0 aliphatic carbocycles. The summed E-state index contributed by atoms with van der Waals surface area (Å²) in [6, 6.07) is 10.3. The van der Waals surface area contributed by atoms with Gasteiger partial charge in [0.05, 0.1) is 13.2 Å². The van der Waals surface area contributed by atoms with Crippen LogP contribution in [-0.2, 0) is 14.8 Å². The maximum Gasteiger partial charge on any atom is 0.244 e. The third-order valence-corrected chi connectivity index (χ3v) is 5.26. The summed E-state index contributed by atoms with van der Waals surface area (Å²) in [4.78, 5) is 12.2. The minimum absolute atomic E-state index is 0.0128. The fraction of sp³-hybridized carbons (Fsp3) is 0.235. The predicted molar refractivity (Wildman–Crippen MR) is 97.6 cm³/mol. The lowest BCUT2D eigenvalue weighted by Crippen LogP contribution is -2.41. The van der Waals surface area contributed by atoms with Crippen LogP contribution in [-0.4, -0.2) is 27.5 Å². The van der Waals surface area contributed by atoms with Gasteiger partial charge in [-0.1, -0.05) is 17.7 Å². The van der Waals surface area contributed by atoms with Crippen LogP contribution in [0.2, 0.25) is 5.02 Å². The van der Waals surface area contributed by atoms with E-state index >= 15 is 0 Å². The van der Waals surface area contributed by atoms with Gasteiger partial charge in [0, 0.05) is 10.7 Å². The van der Waals surface area contributed by atoms with E-state index in [2.05, 4.69) is 10.0 Å². The molecule has 0 bridgehead atoms. The highest BCUT2D eigenvalue weighted by molar-refractivity contribution is 7.89. The Hall–Kier alpha value is -2.09. The molecule has 0 aliphatic rings. The zero-order chi connectivity index (χ0) is 18.6. The number of amides is 1. The second kappa shape index (κ2) is 7.86. The Morgan fingerprint density at radius 1 is 1.16 bits per heavy atom. The molecule has 0 heterocycles. The first-order chi connectivity index (χ1) is 11.7. The smallest absolute Gasteiger partial charge is 0.244 e. The van der Waals surface area contributed by atoms with E-state index in [0.29, 0.717) is 10.7 Å². The summed E-state index contributed by atoms with van der Waals surface area (Å²) in [6.45, 7) is 3.24. The van der Waals surface area contributed by atoms with E-state index in [-0.39, 0.29) is 10.6 Å². The molecular weight excluding hydrogens is 364 g/mol. The first-order valence-corrected chi connectivity index (χ1v) is 9.32. The van der Waals surface area contributed by atoms with Gasteiger partial charge in [0.1, 0.15) is 10.6 Å². The molecule has 0 saturated carbocycles. The van der Waals surface area contributed by atoms with E-state index in [1.807, 2.05) is 0 Å². The largest absolute Gasteiger partial charge is 0.495 e. The summed E-state index contributed by atoms with van der Waals surface area (Å²) in [5.41, 5.74) is 1.29. The quantitative estimate of drug-likeness (QED) is 0.804. The number of ether oxygens (including phenoxy) is 1. The molecule has 6 nitrogen and oxygen atoms in total. The standard InChI is InChI=1S/C17H19ClN2O4S/c1-11-4-9-15(24-3)16(10-11)25(22,23)20-12(2)17(21)19-14-7-5-13(18)6-8-14/h4-10,12,20H,1-3H3,(H,19,21). The van der Waals surface area contributed by atoms with Crippen molar-refractivity contribution in [3.8, 4) is 5.75 Å². The van der Waals surface area contributed by atoms with Gasteiger partial charge in [-0.3, -0.25) is 4.79 Å². The number of methoxy groups -OCH3 is 1. The Morgan fingerprint density at radius 2 is 1.80 bits per heavy atom. The molecule has 1 unspecified atom stereocenters. The van der Waals surface area contributed by atoms with Crippen LogP contribution >= 0.6 is 11.6 Å². The molecule has 8 heteroatoms. The number of hydrogen-bond donors (Lipinski definition) is 2. The normalized spacial score (nSPS) is 12.5. The molecule has 1 amide bonds. The van der Waals surface area contributed by atoms with Crippen LogP contribution in [0.5, 0.6) is 5.75 Å². The molecule has 2 aromatic rings. The lowest BCUT2D eigenvalue weighted by molar-refractivity contribution is -0.117. The number of benzene rings is 2. The molecule has 2 rings (SSSR count). The number of carbonyl (C=O) groups excluding carboxylic acids is 1. The minimum Gasteiger partial charge on any atom is -0.495 e. The number of anilines is 1. The first-order valence-electron chi connectivity index (χ1n) is 7.46. The Morgan fingerprint density at radius 3 is 2.40 bits per heavy atom. The summed E-state index contributed by atoms with van der Waals surface area (Å²) in [5, 5.41) is 3.17. The number of aryl methyl sites for hydroxylation is 1. The van der Waals surface area contributed by atoms with Gasteiger partial charge >= 0.3 is 0 Å². The van der Waals surface area contributed by atoms with Crippen molar-refractivity contribution in [2.75, 3.05) is 12.4 Å². The van der Waals surface area contributed by atoms with E-state index in [1.54, 1.807) is 43.3 Å². The van der Waals surface area contributed by atoms with Crippen LogP contribution in [0.3, 0.4) is 0 Å². The van der Waals surface area contributed by atoms with Gasteiger partial charge < -0.3 is 10.1 Å². The van der Waals surface area contributed by atoms with Crippen LogP contribution in [0.15, 0.2) is 47.4 Å². The third-order valence-electron chi connectivity index (χ3n) is 3.45. The van der Waals surface area contributed by atoms with Gasteiger partial charge in [-0.15, -0.1) is 0 Å². The van der Waals surface area contributed by atoms with Gasteiger partial charge in [-0.2, -0.15) is 4.72 Å². The Bertz CT molecular complexity index is 867. The highest BCUT2D eigenvalue weighted by atomic mass is 35.5. The topological polar surface area (TPSA) is 84.5 Å². The molecule has 2 N–H and O–H groups in total. The average Bonchev–Trinajstić information content (AvgIpc) is 2.56. The van der Waals surface area contributed by atoms with Crippen molar-refractivity contribution in [3.63, 3.8) is 0 Å². The molecule has 0 saturated heterocycles. The molecule has 0 spiro atoms. The van der Waals surface area contributed by atoms with Crippen LogP contribution < -0.4 is 14.8 Å². The van der Waals surface area contributed by atoms with Crippen molar-refractivity contribution in [1.82, 2.24) is 4.72 Å². The summed E-state index contributed by atoms with van der Waals surface area (Å²) in [7, 11) is -2.54. The SMILES string of the molecule is COc1ccc(C)cc1S(=O)(=O)NC(C)C(=O)Nc1ccc(Cl)cc1. The van der Waals surface area contributed by atoms with Crippen LogP contribution in [0.4, 0.5) is 5.69 Å². The monoisotopic (exact) mass is 382 g/mol. The van der Waals surface area contributed by atoms with Gasteiger partial charge in [0.2, 0.25) is 15.9 Å². The van der Waals surface area contributed by atoms with Crippen LogP contribution in [0.25, 0.3) is 0 Å². The molecule has 134 valence electrons. The molecule has 1 atom stereocenters. The molecule has 25 heavy (non-hydrogen) atoms. The summed E-state index contributed by atoms with van der Waals surface area (Å²) >= 11 is 5.79. The molecule has 0 aliphatic heterocycles. The zero-order valence-electron chi connectivity index (χ0n) is 14.0. The maximum absolute atomic E-state index is 12.6. The fourth-order valence-electron chi connectivity index (χ4n) is 2.13. The Kier molecular flexibility index (Phi) is 6.05. The van der Waals surface area contributed by atoms with Crippen LogP contribution in [0.1, 0.15) is 12.5 Å². The summed E-state index contributed by atoms with van der Waals surface area (Å²) in [6.07, 6.45) is 0. The van der Waals surface area contributed by atoms with Gasteiger partial charge in [-0.25, -0.2) is 8.42 Å². The average molecular weight is 383 g/mol. The van der Waals surface area contributed by atoms with Crippen molar-refractivity contribution in [2.45, 2.75) is 24.8 Å². The third kappa shape index (κ3) is 4.94. The number of halogens is 1. The minimum atomic E-state index is -3.93. The van der Waals surface area contributed by atoms with E-state index in [4.69, 9.17) is 16.3 Å². The van der Waals surface area contributed by atoms with E-state index in [1.165, 1.54) is 20.1 Å². The van der Waals surface area contributed by atoms with Crippen LogP contribution in [0, 0.1) is 6.92 Å². The number of hydrogen-bond acceptors (Lipinski definition) is 4. The lowest BCUT2D eigenvalue weighted by Gasteiger charge is -2.16. The Labute approximate surface area is 152 Å². The number of rotatable bonds is 6. The van der Waals surface area contributed by atoms with Gasteiger partial charge in [-0.05, 0) is 55.8 Å². The number of sulfonamides is 1. The molecule has 0 aromatic heterocycles. The number of nitrogens with one attached hydrogen (secondary N) is 2. The Balaban J connectivity index is 2.15. The van der Waals surface area contributed by atoms with Crippen molar-refractivity contribution >= 4 is 33.2 Å². The first kappa shape index (κ1) is 19.2. The van der Waals surface area contributed by atoms with Crippen molar-refractivity contribution in [2.24, 2.45) is 0 Å². The lowest BCUT2D eigenvalue weighted by atomic mass is 10.2. The molecule has 0 radical (unpaired) electrons. The maximum atomic E-state index is 12.6. The molecule has 0 fully saturated rings. The predicted octanol–water partition coefficient (Wildman–Crippen LogP) is 2.96. The van der Waals surface area contributed by atoms with E-state index in [9.17, 15) is 13.2 Å². The summed E-state index contributed by atoms with van der Waals surface area (Å²) < 4.78 is 32.6. The second-order valence-corrected chi connectivity index (χ2v) is 7.61. The van der Waals surface area contributed by atoms with E-state index in [0.717, 1.165) is 5.56 Å². The van der Waals surface area contributed by atoms with Crippen molar-refractivity contribution < 1.29 is 17.9 Å². The van der Waals surface area contributed by atoms with Gasteiger partial charge in [0.15, 0.2) is 0 Å². The fourth-order valence-corrected chi connectivity index (χ4v) is 3.71. The highest BCUT2D eigenvalue weighted by Crippen LogP contribution is 2.24. The molecular formula is C17H19ClN2O4S. The van der Waals surface area contributed by atoms with Crippen molar-refractivity contribution in [1.29, 1.82) is 0 Å². The van der Waals surface area contributed by atoms with Crippen molar-refractivity contribution in [3.05, 3.63) is 53.1 Å². The van der Waals surface area contributed by atoms with Gasteiger partial charge in [0.25, 0.3) is 0 Å². The molecule has 2 aromatic carbocycles.